The van der Waals surface area contributed by atoms with Gasteiger partial charge in [0.05, 0.1) is 0 Å². The van der Waals surface area contributed by atoms with E-state index < -0.39 is 16.5 Å². The Hall–Kier alpha value is -1.05. The Bertz CT molecular complexity index is 422. The Morgan fingerprint density at radius 3 is 2.47 bits per heavy atom. The van der Waals surface area contributed by atoms with Gasteiger partial charge in [0, 0.05) is 20.2 Å². The number of furan rings is 1. The van der Waals surface area contributed by atoms with E-state index >= 15 is 0 Å². The van der Waals surface area contributed by atoms with Gasteiger partial charge in [-0.1, -0.05) is 0 Å². The van der Waals surface area contributed by atoms with Crippen LogP contribution in [0.15, 0.2) is 16.5 Å². The zero-order valence-corrected chi connectivity index (χ0v) is 9.48. The maximum atomic E-state index is 10.4. The second kappa shape index (κ2) is 4.21. The van der Waals surface area contributed by atoms with Crippen LogP contribution in [0.4, 0.5) is 5.88 Å². The Morgan fingerprint density at radius 2 is 2.07 bits per heavy atom. The van der Waals surface area contributed by atoms with Crippen LogP contribution in [0.5, 0.6) is 0 Å². The summed E-state index contributed by atoms with van der Waals surface area (Å²) in [7, 11) is -0.879. The lowest BCUT2D eigenvalue weighted by atomic mass is 10.3. The average molecular weight is 235 g/mol. The lowest BCUT2D eigenvalue weighted by Gasteiger charge is -2.09. The molecule has 0 saturated heterocycles. The predicted molar refractivity (Wildman–Crippen MR) is 54.1 cm³/mol. The minimum atomic E-state index is -4.46. The van der Waals surface area contributed by atoms with Gasteiger partial charge in [0.1, 0.15) is 11.9 Å². The van der Waals surface area contributed by atoms with Crippen molar-refractivity contribution in [3.8, 4) is 0 Å². The van der Waals surface area contributed by atoms with Gasteiger partial charge in [-0.3, -0.25) is 4.55 Å². The molecular formula is C8H13NO5S. The van der Waals surface area contributed by atoms with Gasteiger partial charge in [-0.25, -0.2) is 4.18 Å². The molecule has 0 saturated carbocycles. The van der Waals surface area contributed by atoms with Crippen molar-refractivity contribution in [2.75, 3.05) is 19.0 Å². The summed E-state index contributed by atoms with van der Waals surface area (Å²) in [4.78, 5) is 1.73. The first-order valence-electron chi connectivity index (χ1n) is 4.22. The van der Waals surface area contributed by atoms with Crippen molar-refractivity contribution >= 4 is 16.3 Å². The SMILES string of the molecule is CC(OS(=O)(=O)O)c1ccc(N(C)C)o1. The molecule has 1 heterocycles. The van der Waals surface area contributed by atoms with Gasteiger partial charge in [-0.2, -0.15) is 8.42 Å². The molecule has 1 unspecified atom stereocenters. The van der Waals surface area contributed by atoms with Crippen LogP contribution in [0.25, 0.3) is 0 Å². The molecule has 0 aliphatic carbocycles. The van der Waals surface area contributed by atoms with Gasteiger partial charge in [0.25, 0.3) is 0 Å². The molecule has 1 aromatic heterocycles. The molecule has 6 nitrogen and oxygen atoms in total. The highest BCUT2D eigenvalue weighted by molar-refractivity contribution is 7.80. The van der Waals surface area contributed by atoms with Gasteiger partial charge >= 0.3 is 10.4 Å². The van der Waals surface area contributed by atoms with Gasteiger partial charge in [-0.05, 0) is 13.0 Å². The number of rotatable bonds is 4. The van der Waals surface area contributed by atoms with Crippen LogP contribution >= 0.6 is 0 Å². The summed E-state index contributed by atoms with van der Waals surface area (Å²) < 4.78 is 38.9. The van der Waals surface area contributed by atoms with E-state index in [1.165, 1.54) is 6.92 Å². The first-order valence-corrected chi connectivity index (χ1v) is 5.59. The monoisotopic (exact) mass is 235 g/mol. The van der Waals surface area contributed by atoms with Crippen LogP contribution in [0.3, 0.4) is 0 Å². The van der Waals surface area contributed by atoms with Gasteiger partial charge < -0.3 is 9.32 Å². The molecule has 0 aliphatic rings. The highest BCUT2D eigenvalue weighted by Gasteiger charge is 2.18. The number of hydrogen-bond acceptors (Lipinski definition) is 5. The summed E-state index contributed by atoms with van der Waals surface area (Å²) >= 11 is 0. The molecule has 86 valence electrons. The molecule has 1 N–H and O–H groups in total. The van der Waals surface area contributed by atoms with Crippen molar-refractivity contribution < 1.29 is 21.6 Å². The first kappa shape index (κ1) is 12.0. The van der Waals surface area contributed by atoms with E-state index in [1.807, 2.05) is 0 Å². The topological polar surface area (TPSA) is 80.0 Å². The molecule has 1 rings (SSSR count). The molecule has 0 radical (unpaired) electrons. The van der Waals surface area contributed by atoms with Crippen molar-refractivity contribution in [3.63, 3.8) is 0 Å². The Kier molecular flexibility index (Phi) is 3.38. The second-order valence-electron chi connectivity index (χ2n) is 3.24. The molecule has 7 heteroatoms. The average Bonchev–Trinajstić information content (AvgIpc) is 2.47. The van der Waals surface area contributed by atoms with Gasteiger partial charge in [0.15, 0.2) is 5.88 Å². The summed E-state index contributed by atoms with van der Waals surface area (Å²) in [6.07, 6.45) is -0.853. The predicted octanol–water partition coefficient (Wildman–Crippen LogP) is 1.23. The molecule has 0 spiro atoms. The lowest BCUT2D eigenvalue weighted by Crippen LogP contribution is -2.08. The highest BCUT2D eigenvalue weighted by atomic mass is 32.3. The van der Waals surface area contributed by atoms with E-state index in [9.17, 15) is 8.42 Å². The third-order valence-electron chi connectivity index (χ3n) is 1.72. The van der Waals surface area contributed by atoms with Crippen molar-refractivity contribution in [3.05, 3.63) is 17.9 Å². The normalized spacial score (nSPS) is 13.9. The van der Waals surface area contributed by atoms with Crippen LogP contribution in [0, 0.1) is 0 Å². The molecule has 1 aromatic rings. The molecule has 0 fully saturated rings. The first-order chi connectivity index (χ1) is 6.79. The van der Waals surface area contributed by atoms with Crippen LogP contribution < -0.4 is 4.90 Å². The van der Waals surface area contributed by atoms with E-state index in [0.29, 0.717) is 11.6 Å². The zero-order valence-electron chi connectivity index (χ0n) is 8.67. The van der Waals surface area contributed by atoms with Crippen molar-refractivity contribution in [2.24, 2.45) is 0 Å². The molecule has 0 bridgehead atoms. The fourth-order valence-electron chi connectivity index (χ4n) is 1.03. The Balaban J connectivity index is 2.79. The maximum Gasteiger partial charge on any atom is 0.398 e. The van der Waals surface area contributed by atoms with Crippen molar-refractivity contribution in [1.82, 2.24) is 0 Å². The van der Waals surface area contributed by atoms with Gasteiger partial charge in [0.2, 0.25) is 0 Å². The molecule has 1 atom stereocenters. The molecule has 0 aliphatic heterocycles. The Labute approximate surface area is 88.4 Å². The van der Waals surface area contributed by atoms with E-state index in [0.717, 1.165) is 0 Å². The highest BCUT2D eigenvalue weighted by Crippen LogP contribution is 2.24. The Morgan fingerprint density at radius 1 is 1.47 bits per heavy atom. The lowest BCUT2D eigenvalue weighted by molar-refractivity contribution is 0.177. The minimum absolute atomic E-state index is 0.330. The summed E-state index contributed by atoms with van der Waals surface area (Å²) in [6.45, 7) is 1.46. The second-order valence-corrected chi connectivity index (χ2v) is 4.28. The summed E-state index contributed by atoms with van der Waals surface area (Å²) in [5.41, 5.74) is 0. The zero-order chi connectivity index (χ0) is 11.6. The summed E-state index contributed by atoms with van der Waals surface area (Å²) in [5, 5.41) is 0. The van der Waals surface area contributed by atoms with Crippen LogP contribution in [-0.2, 0) is 14.6 Å². The summed E-state index contributed by atoms with van der Waals surface area (Å²) in [5.74, 6) is 0.909. The number of nitrogens with zero attached hydrogens (tertiary/aromatic N) is 1. The smallest absolute Gasteiger partial charge is 0.398 e. The number of hydrogen-bond donors (Lipinski definition) is 1. The molecular weight excluding hydrogens is 222 g/mol. The fraction of sp³-hybridized carbons (Fsp3) is 0.500. The maximum absolute atomic E-state index is 10.4. The van der Waals surface area contributed by atoms with Crippen LogP contribution in [0.2, 0.25) is 0 Å². The van der Waals surface area contributed by atoms with Crippen molar-refractivity contribution in [2.45, 2.75) is 13.0 Å². The number of anilines is 1. The van der Waals surface area contributed by atoms with Crippen molar-refractivity contribution in [1.29, 1.82) is 0 Å². The van der Waals surface area contributed by atoms with E-state index in [-0.39, 0.29) is 0 Å². The van der Waals surface area contributed by atoms with E-state index in [2.05, 4.69) is 4.18 Å². The molecule has 15 heavy (non-hydrogen) atoms. The summed E-state index contributed by atoms with van der Waals surface area (Å²) in [6, 6.07) is 3.27. The molecule has 0 amide bonds. The third-order valence-corrected chi connectivity index (χ3v) is 2.25. The minimum Gasteiger partial charge on any atom is -0.443 e. The third kappa shape index (κ3) is 3.54. The van der Waals surface area contributed by atoms with E-state index in [1.54, 1.807) is 31.1 Å². The quantitative estimate of drug-likeness (QED) is 0.790. The molecule has 0 aromatic carbocycles. The van der Waals surface area contributed by atoms with Crippen LogP contribution in [0.1, 0.15) is 18.8 Å². The van der Waals surface area contributed by atoms with Crippen LogP contribution in [-0.4, -0.2) is 27.1 Å². The van der Waals surface area contributed by atoms with E-state index in [4.69, 9.17) is 8.97 Å². The van der Waals surface area contributed by atoms with Gasteiger partial charge in [-0.15, -0.1) is 0 Å². The largest absolute Gasteiger partial charge is 0.443 e. The fourth-order valence-corrected chi connectivity index (χ4v) is 1.49. The standard InChI is InChI=1S/C8H13NO5S/c1-6(14-15(10,11)12)7-4-5-8(13-7)9(2)3/h4-6H,1-3H3,(H,10,11,12).